The SMILES string of the molecule is CCCCCCCCOC(=O)Cc1ccc(O)cc1CCCC. The predicted octanol–water partition coefficient (Wildman–Crippen LogP) is 5.18. The van der Waals surface area contributed by atoms with Crippen LogP contribution in [0.25, 0.3) is 0 Å². The van der Waals surface area contributed by atoms with Crippen molar-refractivity contribution in [2.45, 2.75) is 78.1 Å². The van der Waals surface area contributed by atoms with E-state index < -0.39 is 0 Å². The van der Waals surface area contributed by atoms with E-state index in [1.54, 1.807) is 12.1 Å². The van der Waals surface area contributed by atoms with Crippen LogP contribution in [-0.2, 0) is 22.4 Å². The number of phenols is 1. The monoisotopic (exact) mass is 320 g/mol. The number of hydrogen-bond acceptors (Lipinski definition) is 3. The molecule has 0 aromatic heterocycles. The Morgan fingerprint density at radius 3 is 2.39 bits per heavy atom. The van der Waals surface area contributed by atoms with Gasteiger partial charge in [-0.25, -0.2) is 0 Å². The summed E-state index contributed by atoms with van der Waals surface area (Å²) in [7, 11) is 0. The Hall–Kier alpha value is -1.51. The van der Waals surface area contributed by atoms with E-state index in [-0.39, 0.29) is 11.7 Å². The van der Waals surface area contributed by atoms with Gasteiger partial charge in [0, 0.05) is 0 Å². The van der Waals surface area contributed by atoms with E-state index in [4.69, 9.17) is 4.74 Å². The second-order valence-corrected chi connectivity index (χ2v) is 6.22. The Morgan fingerprint density at radius 1 is 0.957 bits per heavy atom. The van der Waals surface area contributed by atoms with Gasteiger partial charge in [-0.1, -0.05) is 58.4 Å². The van der Waals surface area contributed by atoms with Gasteiger partial charge in [0.1, 0.15) is 5.75 Å². The first kappa shape index (κ1) is 19.5. The summed E-state index contributed by atoms with van der Waals surface area (Å²) in [6, 6.07) is 5.25. The molecule has 0 saturated heterocycles. The maximum Gasteiger partial charge on any atom is 0.310 e. The maximum atomic E-state index is 12.0. The summed E-state index contributed by atoms with van der Waals surface area (Å²) in [5, 5.41) is 9.62. The van der Waals surface area contributed by atoms with Crippen molar-refractivity contribution in [3.05, 3.63) is 29.3 Å². The minimum Gasteiger partial charge on any atom is -0.508 e. The van der Waals surface area contributed by atoms with E-state index in [0.717, 1.165) is 43.2 Å². The normalized spacial score (nSPS) is 10.7. The molecule has 0 atom stereocenters. The molecule has 3 heteroatoms. The van der Waals surface area contributed by atoms with Crippen molar-refractivity contribution in [1.29, 1.82) is 0 Å². The Bertz CT molecular complexity index is 454. The fourth-order valence-electron chi connectivity index (χ4n) is 2.66. The topological polar surface area (TPSA) is 46.5 Å². The molecule has 3 nitrogen and oxygen atoms in total. The zero-order valence-electron chi connectivity index (χ0n) is 14.8. The minimum atomic E-state index is -0.165. The lowest BCUT2D eigenvalue weighted by Crippen LogP contribution is -2.10. The van der Waals surface area contributed by atoms with Gasteiger partial charge in [0.05, 0.1) is 13.0 Å². The van der Waals surface area contributed by atoms with Crippen molar-refractivity contribution in [2.75, 3.05) is 6.61 Å². The summed E-state index contributed by atoms with van der Waals surface area (Å²) < 4.78 is 5.34. The van der Waals surface area contributed by atoms with Gasteiger partial charge in [-0.05, 0) is 42.5 Å². The average Bonchev–Trinajstić information content (AvgIpc) is 2.54. The van der Waals surface area contributed by atoms with E-state index in [1.807, 2.05) is 6.07 Å². The number of unbranched alkanes of at least 4 members (excludes halogenated alkanes) is 6. The van der Waals surface area contributed by atoms with Gasteiger partial charge < -0.3 is 9.84 Å². The first-order chi connectivity index (χ1) is 11.2. The standard InChI is InChI=1S/C20H32O3/c1-3-5-7-8-9-10-14-23-20(22)16-18-12-13-19(21)15-17(18)11-6-4-2/h12-13,15,21H,3-11,14,16H2,1-2H3. The molecule has 0 aliphatic carbocycles. The van der Waals surface area contributed by atoms with Gasteiger partial charge in [0.2, 0.25) is 0 Å². The van der Waals surface area contributed by atoms with Crippen LogP contribution in [0.4, 0.5) is 0 Å². The number of ether oxygens (including phenoxy) is 1. The van der Waals surface area contributed by atoms with Gasteiger partial charge in [-0.2, -0.15) is 0 Å². The number of carbonyl (C=O) groups excluding carboxylic acids is 1. The highest BCUT2D eigenvalue weighted by molar-refractivity contribution is 5.73. The number of benzene rings is 1. The van der Waals surface area contributed by atoms with E-state index in [2.05, 4.69) is 13.8 Å². The van der Waals surface area contributed by atoms with Crippen LogP contribution in [0.2, 0.25) is 0 Å². The third-order valence-electron chi connectivity index (χ3n) is 4.09. The van der Waals surface area contributed by atoms with Gasteiger partial charge in [0.15, 0.2) is 0 Å². The molecule has 0 radical (unpaired) electrons. The Kier molecular flexibility index (Phi) is 10.2. The first-order valence-corrected chi connectivity index (χ1v) is 9.13. The van der Waals surface area contributed by atoms with E-state index >= 15 is 0 Å². The summed E-state index contributed by atoms with van der Waals surface area (Å²) in [6.07, 6.45) is 10.5. The third-order valence-corrected chi connectivity index (χ3v) is 4.09. The molecule has 23 heavy (non-hydrogen) atoms. The second-order valence-electron chi connectivity index (χ2n) is 6.22. The molecule has 1 aromatic rings. The smallest absolute Gasteiger partial charge is 0.310 e. The van der Waals surface area contributed by atoms with Crippen molar-refractivity contribution in [1.82, 2.24) is 0 Å². The molecular formula is C20H32O3. The molecule has 130 valence electrons. The molecule has 1 aromatic carbocycles. The average molecular weight is 320 g/mol. The molecular weight excluding hydrogens is 288 g/mol. The van der Waals surface area contributed by atoms with Gasteiger partial charge in [-0.3, -0.25) is 4.79 Å². The van der Waals surface area contributed by atoms with E-state index in [0.29, 0.717) is 13.0 Å². The lowest BCUT2D eigenvalue weighted by Gasteiger charge is -2.10. The number of rotatable bonds is 12. The zero-order chi connectivity index (χ0) is 16.9. The summed E-state index contributed by atoms with van der Waals surface area (Å²) in [4.78, 5) is 12.0. The number of carbonyl (C=O) groups is 1. The summed E-state index contributed by atoms with van der Waals surface area (Å²) in [6.45, 7) is 4.87. The first-order valence-electron chi connectivity index (χ1n) is 9.13. The van der Waals surface area contributed by atoms with Crippen molar-refractivity contribution in [2.24, 2.45) is 0 Å². The van der Waals surface area contributed by atoms with Gasteiger partial charge in [0.25, 0.3) is 0 Å². The van der Waals surface area contributed by atoms with Crippen LogP contribution in [0.15, 0.2) is 18.2 Å². The molecule has 0 heterocycles. The number of hydrogen-bond donors (Lipinski definition) is 1. The predicted molar refractivity (Wildman–Crippen MR) is 94.8 cm³/mol. The Balaban J connectivity index is 2.33. The summed E-state index contributed by atoms with van der Waals surface area (Å²) in [5.74, 6) is 0.0993. The lowest BCUT2D eigenvalue weighted by atomic mass is 9.99. The Morgan fingerprint density at radius 2 is 1.65 bits per heavy atom. The highest BCUT2D eigenvalue weighted by Crippen LogP contribution is 2.19. The molecule has 0 unspecified atom stereocenters. The molecule has 1 rings (SSSR count). The van der Waals surface area contributed by atoms with Gasteiger partial charge in [-0.15, -0.1) is 0 Å². The van der Waals surface area contributed by atoms with E-state index in [9.17, 15) is 9.90 Å². The Labute approximate surface area is 141 Å². The van der Waals surface area contributed by atoms with Crippen molar-refractivity contribution in [3.63, 3.8) is 0 Å². The molecule has 1 N–H and O–H groups in total. The molecule has 0 fully saturated rings. The molecule has 0 saturated carbocycles. The minimum absolute atomic E-state index is 0.165. The quantitative estimate of drug-likeness (QED) is 0.426. The molecule has 0 amide bonds. The molecule has 0 aliphatic heterocycles. The second kappa shape index (κ2) is 12.0. The van der Waals surface area contributed by atoms with Crippen LogP contribution < -0.4 is 0 Å². The molecule has 0 spiro atoms. The number of esters is 1. The summed E-state index contributed by atoms with van der Waals surface area (Å²) in [5.41, 5.74) is 2.03. The maximum absolute atomic E-state index is 12.0. The largest absolute Gasteiger partial charge is 0.508 e. The van der Waals surface area contributed by atoms with Crippen LogP contribution in [0, 0.1) is 0 Å². The number of phenolic OH excluding ortho intramolecular Hbond substituents is 1. The fourth-order valence-corrected chi connectivity index (χ4v) is 2.66. The fraction of sp³-hybridized carbons (Fsp3) is 0.650. The highest BCUT2D eigenvalue weighted by Gasteiger charge is 2.10. The lowest BCUT2D eigenvalue weighted by molar-refractivity contribution is -0.142. The van der Waals surface area contributed by atoms with Crippen LogP contribution >= 0.6 is 0 Å². The molecule has 0 aliphatic rings. The van der Waals surface area contributed by atoms with E-state index in [1.165, 1.54) is 25.7 Å². The number of aryl methyl sites for hydroxylation is 1. The van der Waals surface area contributed by atoms with Crippen LogP contribution in [-0.4, -0.2) is 17.7 Å². The van der Waals surface area contributed by atoms with Gasteiger partial charge >= 0.3 is 5.97 Å². The zero-order valence-corrected chi connectivity index (χ0v) is 14.8. The third kappa shape index (κ3) is 8.63. The van der Waals surface area contributed by atoms with Crippen LogP contribution in [0.3, 0.4) is 0 Å². The van der Waals surface area contributed by atoms with Crippen molar-refractivity contribution in [3.8, 4) is 5.75 Å². The van der Waals surface area contributed by atoms with Crippen molar-refractivity contribution >= 4 is 5.97 Å². The number of aromatic hydroxyl groups is 1. The van der Waals surface area contributed by atoms with Crippen molar-refractivity contribution < 1.29 is 14.6 Å². The highest BCUT2D eigenvalue weighted by atomic mass is 16.5. The van der Waals surface area contributed by atoms with Crippen LogP contribution in [0.1, 0.15) is 76.3 Å². The summed E-state index contributed by atoms with van der Waals surface area (Å²) >= 11 is 0. The van der Waals surface area contributed by atoms with Crippen LogP contribution in [0.5, 0.6) is 5.75 Å². The molecule has 0 bridgehead atoms.